The first-order chi connectivity index (χ1) is 9.47. The van der Waals surface area contributed by atoms with Crippen molar-refractivity contribution in [1.29, 1.82) is 0 Å². The van der Waals surface area contributed by atoms with Crippen molar-refractivity contribution >= 4 is 29.1 Å². The van der Waals surface area contributed by atoms with Crippen LogP contribution in [0.3, 0.4) is 0 Å². The van der Waals surface area contributed by atoms with Gasteiger partial charge in [-0.2, -0.15) is 0 Å². The number of anilines is 1. The van der Waals surface area contributed by atoms with E-state index in [-0.39, 0.29) is 11.9 Å². The molecule has 1 aliphatic rings. The molecule has 2 amide bonds. The molecule has 0 radical (unpaired) electrons. The van der Waals surface area contributed by atoms with E-state index < -0.39 is 5.91 Å². The number of likely N-dealkylation sites (tertiary alicyclic amines) is 1. The highest BCUT2D eigenvalue weighted by atomic mass is 35.5. The van der Waals surface area contributed by atoms with Crippen LogP contribution in [-0.4, -0.2) is 35.8 Å². The molecule has 1 aliphatic heterocycles. The smallest absolute Gasteiger partial charge is 0.248 e. The monoisotopic (exact) mass is 295 g/mol. The number of halogens is 1. The van der Waals surface area contributed by atoms with E-state index in [0.717, 1.165) is 25.9 Å². The van der Waals surface area contributed by atoms with Gasteiger partial charge in [-0.25, -0.2) is 0 Å². The van der Waals surface area contributed by atoms with Gasteiger partial charge in [0.05, 0.1) is 10.7 Å². The van der Waals surface area contributed by atoms with Crippen LogP contribution < -0.4 is 11.1 Å². The van der Waals surface area contributed by atoms with Gasteiger partial charge < -0.3 is 16.0 Å². The van der Waals surface area contributed by atoms with Gasteiger partial charge in [0, 0.05) is 31.6 Å². The standard InChI is InChI=1S/C14H18ClN3O2/c1-9(19)18-6-4-11(5-7-18)17-13-8-10(14(16)20)2-3-12(13)15/h2-3,8,11,17H,4-7H2,1H3,(H2,16,20). The van der Waals surface area contributed by atoms with Gasteiger partial charge in [0.1, 0.15) is 0 Å². The number of carbonyl (C=O) groups excluding carboxylic acids is 2. The van der Waals surface area contributed by atoms with E-state index in [0.29, 0.717) is 16.3 Å². The maximum atomic E-state index is 11.3. The third-order valence-corrected chi connectivity index (χ3v) is 3.88. The lowest BCUT2D eigenvalue weighted by Crippen LogP contribution is -2.41. The molecule has 5 nitrogen and oxygen atoms in total. The molecule has 108 valence electrons. The molecular formula is C14H18ClN3O2. The van der Waals surface area contributed by atoms with Crippen LogP contribution >= 0.6 is 11.6 Å². The average Bonchev–Trinajstić information content (AvgIpc) is 2.41. The predicted octanol–water partition coefficient (Wildman–Crippen LogP) is 1.86. The highest BCUT2D eigenvalue weighted by Gasteiger charge is 2.21. The Morgan fingerprint density at radius 3 is 2.55 bits per heavy atom. The Balaban J connectivity index is 2.02. The number of benzene rings is 1. The summed E-state index contributed by atoms with van der Waals surface area (Å²) >= 11 is 6.12. The topological polar surface area (TPSA) is 75.4 Å². The second-order valence-electron chi connectivity index (χ2n) is 4.98. The lowest BCUT2D eigenvalue weighted by molar-refractivity contribution is -0.129. The maximum absolute atomic E-state index is 11.3. The van der Waals surface area contributed by atoms with Gasteiger partial charge >= 0.3 is 0 Å². The summed E-state index contributed by atoms with van der Waals surface area (Å²) in [4.78, 5) is 24.3. The predicted molar refractivity (Wildman–Crippen MR) is 78.9 cm³/mol. The average molecular weight is 296 g/mol. The number of nitrogens with one attached hydrogen (secondary N) is 1. The molecule has 0 spiro atoms. The Labute approximate surface area is 123 Å². The van der Waals surface area contributed by atoms with Gasteiger partial charge in [0.15, 0.2) is 0 Å². The van der Waals surface area contributed by atoms with Crippen LogP contribution in [0, 0.1) is 0 Å². The van der Waals surface area contributed by atoms with Gasteiger partial charge in [-0.1, -0.05) is 11.6 Å². The Bertz CT molecular complexity index is 525. The van der Waals surface area contributed by atoms with Crippen molar-refractivity contribution in [2.75, 3.05) is 18.4 Å². The van der Waals surface area contributed by atoms with Crippen LogP contribution in [-0.2, 0) is 4.79 Å². The molecule has 1 aromatic rings. The van der Waals surface area contributed by atoms with E-state index in [4.69, 9.17) is 17.3 Å². The SMILES string of the molecule is CC(=O)N1CCC(Nc2cc(C(N)=O)ccc2Cl)CC1. The molecule has 1 fully saturated rings. The Hall–Kier alpha value is -1.75. The Morgan fingerprint density at radius 1 is 1.35 bits per heavy atom. The van der Waals surface area contributed by atoms with Crippen molar-refractivity contribution in [3.8, 4) is 0 Å². The number of rotatable bonds is 3. The normalized spacial score (nSPS) is 16.0. The lowest BCUT2D eigenvalue weighted by Gasteiger charge is -2.32. The van der Waals surface area contributed by atoms with Crippen molar-refractivity contribution in [2.45, 2.75) is 25.8 Å². The number of amides is 2. The zero-order valence-corrected chi connectivity index (χ0v) is 12.1. The van der Waals surface area contributed by atoms with Gasteiger partial charge in [0.2, 0.25) is 11.8 Å². The Morgan fingerprint density at radius 2 is 2.00 bits per heavy atom. The highest BCUT2D eigenvalue weighted by Crippen LogP contribution is 2.25. The van der Waals surface area contributed by atoms with E-state index >= 15 is 0 Å². The minimum absolute atomic E-state index is 0.109. The van der Waals surface area contributed by atoms with E-state index in [1.54, 1.807) is 25.1 Å². The highest BCUT2D eigenvalue weighted by molar-refractivity contribution is 6.33. The zero-order chi connectivity index (χ0) is 14.7. The van der Waals surface area contributed by atoms with Crippen LogP contribution in [0.2, 0.25) is 5.02 Å². The number of nitrogens with zero attached hydrogens (tertiary/aromatic N) is 1. The minimum Gasteiger partial charge on any atom is -0.381 e. The second kappa shape index (κ2) is 6.13. The number of primary amides is 1. The first-order valence-corrected chi connectivity index (χ1v) is 6.96. The summed E-state index contributed by atoms with van der Waals surface area (Å²) in [5.41, 5.74) is 6.40. The van der Waals surface area contributed by atoms with Gasteiger partial charge in [0.25, 0.3) is 0 Å². The van der Waals surface area contributed by atoms with Crippen molar-refractivity contribution in [2.24, 2.45) is 5.73 Å². The van der Waals surface area contributed by atoms with Crippen LogP contribution in [0.25, 0.3) is 0 Å². The molecule has 3 N–H and O–H groups in total. The van der Waals surface area contributed by atoms with Gasteiger partial charge in [-0.3, -0.25) is 9.59 Å². The van der Waals surface area contributed by atoms with Gasteiger partial charge in [-0.05, 0) is 31.0 Å². The third-order valence-electron chi connectivity index (χ3n) is 3.55. The number of piperidine rings is 1. The van der Waals surface area contributed by atoms with Crippen molar-refractivity contribution in [3.05, 3.63) is 28.8 Å². The summed E-state index contributed by atoms with van der Waals surface area (Å²) in [7, 11) is 0. The number of hydrogen-bond acceptors (Lipinski definition) is 3. The molecule has 20 heavy (non-hydrogen) atoms. The van der Waals surface area contributed by atoms with Gasteiger partial charge in [-0.15, -0.1) is 0 Å². The fraction of sp³-hybridized carbons (Fsp3) is 0.429. The molecule has 0 bridgehead atoms. The van der Waals surface area contributed by atoms with Crippen LogP contribution in [0.5, 0.6) is 0 Å². The van der Waals surface area contributed by atoms with Crippen molar-refractivity contribution < 1.29 is 9.59 Å². The summed E-state index contributed by atoms with van der Waals surface area (Å²) < 4.78 is 0. The summed E-state index contributed by atoms with van der Waals surface area (Å²) in [6.07, 6.45) is 1.72. The fourth-order valence-corrected chi connectivity index (χ4v) is 2.52. The van der Waals surface area contributed by atoms with E-state index in [1.165, 1.54) is 0 Å². The molecule has 1 aromatic carbocycles. The van der Waals surface area contributed by atoms with Crippen LogP contribution in [0.1, 0.15) is 30.1 Å². The van der Waals surface area contributed by atoms with E-state index in [1.807, 2.05) is 4.90 Å². The molecular weight excluding hydrogens is 278 g/mol. The Kier molecular flexibility index (Phi) is 4.49. The molecule has 2 rings (SSSR count). The molecule has 1 saturated heterocycles. The van der Waals surface area contributed by atoms with Crippen molar-refractivity contribution in [3.63, 3.8) is 0 Å². The lowest BCUT2D eigenvalue weighted by atomic mass is 10.0. The molecule has 0 atom stereocenters. The third kappa shape index (κ3) is 3.42. The molecule has 0 aromatic heterocycles. The summed E-state index contributed by atoms with van der Waals surface area (Å²) in [6.45, 7) is 3.06. The molecule has 0 unspecified atom stereocenters. The number of carbonyl (C=O) groups is 2. The molecule has 6 heteroatoms. The quantitative estimate of drug-likeness (QED) is 0.894. The first-order valence-electron chi connectivity index (χ1n) is 6.59. The molecule has 0 saturated carbocycles. The fourth-order valence-electron chi connectivity index (χ4n) is 2.35. The number of hydrogen-bond donors (Lipinski definition) is 2. The largest absolute Gasteiger partial charge is 0.381 e. The summed E-state index contributed by atoms with van der Waals surface area (Å²) in [6, 6.07) is 5.18. The first kappa shape index (κ1) is 14.7. The molecule has 1 heterocycles. The maximum Gasteiger partial charge on any atom is 0.248 e. The van der Waals surface area contributed by atoms with Crippen LogP contribution in [0.15, 0.2) is 18.2 Å². The van der Waals surface area contributed by atoms with Crippen molar-refractivity contribution in [1.82, 2.24) is 4.90 Å². The summed E-state index contributed by atoms with van der Waals surface area (Å²) in [5, 5.41) is 3.89. The zero-order valence-electron chi connectivity index (χ0n) is 11.4. The van der Waals surface area contributed by atoms with E-state index in [9.17, 15) is 9.59 Å². The minimum atomic E-state index is -0.476. The van der Waals surface area contributed by atoms with Crippen LogP contribution in [0.4, 0.5) is 5.69 Å². The summed E-state index contributed by atoms with van der Waals surface area (Å²) in [5.74, 6) is -0.367. The number of nitrogens with two attached hydrogens (primary N) is 1. The van der Waals surface area contributed by atoms with E-state index in [2.05, 4.69) is 5.32 Å². The second-order valence-corrected chi connectivity index (χ2v) is 5.39. The molecule has 0 aliphatic carbocycles.